The molecule has 0 saturated heterocycles. The molecule has 3 rings (SSSR count). The third kappa shape index (κ3) is 5.60. The van der Waals surface area contributed by atoms with Gasteiger partial charge in [-0.25, -0.2) is 4.98 Å². The molecule has 5 nitrogen and oxygen atoms in total. The van der Waals surface area contributed by atoms with Crippen LogP contribution in [0.15, 0.2) is 65.2 Å². The second-order valence-electron chi connectivity index (χ2n) is 5.61. The van der Waals surface area contributed by atoms with Crippen LogP contribution in [0.1, 0.15) is 12.3 Å². The molecule has 0 aliphatic rings. The number of oxazole rings is 1. The lowest BCUT2D eigenvalue weighted by atomic mass is 10.2. The van der Waals surface area contributed by atoms with E-state index in [1.807, 2.05) is 30.3 Å². The average molecular weight is 376 g/mol. The quantitative estimate of drug-likeness (QED) is 0.670. The summed E-state index contributed by atoms with van der Waals surface area (Å²) in [6.45, 7) is 0. The van der Waals surface area contributed by atoms with E-state index in [1.165, 1.54) is 12.1 Å². The molecule has 140 valence electrons. The van der Waals surface area contributed by atoms with E-state index < -0.39 is 12.1 Å². The fourth-order valence-electron chi connectivity index (χ4n) is 2.38. The normalized spacial score (nSPS) is 11.2. The molecular formula is C19H15F3N2O3. The van der Waals surface area contributed by atoms with E-state index in [0.717, 1.165) is 17.7 Å². The number of nitrogens with one attached hydrogen (secondary N) is 1. The number of hydrogen-bond donors (Lipinski definition) is 1. The van der Waals surface area contributed by atoms with Crippen LogP contribution in [-0.2, 0) is 11.2 Å². The highest BCUT2D eigenvalue weighted by Gasteiger charge is 2.31. The number of nitrogens with zero attached hydrogens (tertiary/aromatic N) is 1. The van der Waals surface area contributed by atoms with Crippen molar-refractivity contribution < 1.29 is 27.1 Å². The fraction of sp³-hybridized carbons (Fsp3) is 0.158. The molecule has 0 atom stereocenters. The van der Waals surface area contributed by atoms with E-state index in [-0.39, 0.29) is 24.4 Å². The van der Waals surface area contributed by atoms with Crippen LogP contribution in [0, 0.1) is 0 Å². The SMILES string of the molecule is O=C(CCc1ncc(-c2ccccc2)o1)Nc1cccc(OC(F)(F)F)c1. The lowest BCUT2D eigenvalue weighted by molar-refractivity contribution is -0.274. The molecule has 27 heavy (non-hydrogen) atoms. The van der Waals surface area contributed by atoms with Crippen molar-refractivity contribution in [3.8, 4) is 17.1 Å². The van der Waals surface area contributed by atoms with E-state index >= 15 is 0 Å². The van der Waals surface area contributed by atoms with Crippen LogP contribution in [-0.4, -0.2) is 17.3 Å². The van der Waals surface area contributed by atoms with Crippen LogP contribution in [0.25, 0.3) is 11.3 Å². The van der Waals surface area contributed by atoms with Gasteiger partial charge in [-0.1, -0.05) is 36.4 Å². The summed E-state index contributed by atoms with van der Waals surface area (Å²) in [5.41, 5.74) is 1.08. The van der Waals surface area contributed by atoms with Crippen molar-refractivity contribution in [3.63, 3.8) is 0 Å². The van der Waals surface area contributed by atoms with Crippen molar-refractivity contribution >= 4 is 11.6 Å². The van der Waals surface area contributed by atoms with Crippen LogP contribution in [0.4, 0.5) is 18.9 Å². The first-order valence-corrected chi connectivity index (χ1v) is 8.05. The van der Waals surface area contributed by atoms with E-state index in [9.17, 15) is 18.0 Å². The van der Waals surface area contributed by atoms with E-state index in [1.54, 1.807) is 6.20 Å². The first-order valence-electron chi connectivity index (χ1n) is 8.05. The molecule has 0 radical (unpaired) electrons. The number of rotatable bonds is 6. The number of carbonyl (C=O) groups is 1. The number of aromatic nitrogens is 1. The Labute approximate surface area is 152 Å². The van der Waals surface area contributed by atoms with Crippen molar-refractivity contribution in [2.24, 2.45) is 0 Å². The van der Waals surface area contributed by atoms with Gasteiger partial charge in [0, 0.05) is 30.2 Å². The van der Waals surface area contributed by atoms with Gasteiger partial charge in [0.05, 0.1) is 6.20 Å². The minimum Gasteiger partial charge on any atom is -0.441 e. The number of anilines is 1. The monoisotopic (exact) mass is 376 g/mol. The zero-order valence-corrected chi connectivity index (χ0v) is 14.0. The number of halogens is 3. The standard InChI is InChI=1S/C19H15F3N2O3/c20-19(21,22)27-15-8-4-7-14(11-15)24-17(25)9-10-18-23-12-16(26-18)13-5-2-1-3-6-13/h1-8,11-12H,9-10H2,(H,24,25). The van der Waals surface area contributed by atoms with Crippen LogP contribution >= 0.6 is 0 Å². The maximum absolute atomic E-state index is 12.2. The maximum Gasteiger partial charge on any atom is 0.573 e. The maximum atomic E-state index is 12.2. The van der Waals surface area contributed by atoms with Gasteiger partial charge in [-0.15, -0.1) is 13.2 Å². The molecule has 1 amide bonds. The number of ether oxygens (including phenoxy) is 1. The molecule has 0 aliphatic heterocycles. The van der Waals surface area contributed by atoms with Gasteiger partial charge < -0.3 is 14.5 Å². The first kappa shape index (κ1) is 18.5. The van der Waals surface area contributed by atoms with Crippen LogP contribution in [0.5, 0.6) is 5.75 Å². The highest BCUT2D eigenvalue weighted by molar-refractivity contribution is 5.90. The van der Waals surface area contributed by atoms with E-state index in [4.69, 9.17) is 4.42 Å². The third-order valence-electron chi connectivity index (χ3n) is 3.53. The second kappa shape index (κ2) is 7.94. The zero-order valence-electron chi connectivity index (χ0n) is 14.0. The topological polar surface area (TPSA) is 64.4 Å². The van der Waals surface area contributed by atoms with Gasteiger partial charge in [0.2, 0.25) is 5.91 Å². The molecule has 8 heteroatoms. The number of benzene rings is 2. The van der Waals surface area contributed by atoms with E-state index in [0.29, 0.717) is 11.7 Å². The molecular weight excluding hydrogens is 361 g/mol. The molecule has 1 aromatic heterocycles. The molecule has 1 heterocycles. The minimum absolute atomic E-state index is 0.0686. The molecule has 0 bridgehead atoms. The molecule has 0 unspecified atom stereocenters. The Morgan fingerprint density at radius 1 is 1.11 bits per heavy atom. The lowest BCUT2D eigenvalue weighted by Gasteiger charge is -2.10. The van der Waals surface area contributed by atoms with Crippen LogP contribution in [0.2, 0.25) is 0 Å². The van der Waals surface area contributed by atoms with Gasteiger partial charge in [-0.2, -0.15) is 0 Å². The predicted octanol–water partition coefficient (Wildman–Crippen LogP) is 4.81. The third-order valence-corrected chi connectivity index (χ3v) is 3.53. The summed E-state index contributed by atoms with van der Waals surface area (Å²) in [5, 5.41) is 2.52. The molecule has 3 aromatic rings. The Morgan fingerprint density at radius 2 is 1.89 bits per heavy atom. The van der Waals surface area contributed by atoms with Gasteiger partial charge in [-0.3, -0.25) is 4.79 Å². The van der Waals surface area contributed by atoms with E-state index in [2.05, 4.69) is 15.0 Å². The van der Waals surface area contributed by atoms with Gasteiger partial charge in [-0.05, 0) is 12.1 Å². The molecule has 0 spiro atoms. The van der Waals surface area contributed by atoms with Crippen LogP contribution in [0.3, 0.4) is 0 Å². The molecule has 1 N–H and O–H groups in total. The number of alkyl halides is 3. The lowest BCUT2D eigenvalue weighted by Crippen LogP contribution is -2.17. The predicted molar refractivity (Wildman–Crippen MR) is 92.0 cm³/mol. The Balaban J connectivity index is 1.55. The summed E-state index contributed by atoms with van der Waals surface area (Å²) >= 11 is 0. The zero-order chi connectivity index (χ0) is 19.3. The van der Waals surface area contributed by atoms with Crippen molar-refractivity contribution in [1.82, 2.24) is 4.98 Å². The summed E-state index contributed by atoms with van der Waals surface area (Å²) in [6, 6.07) is 14.5. The fourth-order valence-corrected chi connectivity index (χ4v) is 2.38. The molecule has 0 fully saturated rings. The highest BCUT2D eigenvalue weighted by atomic mass is 19.4. The van der Waals surface area contributed by atoms with Gasteiger partial charge in [0.25, 0.3) is 0 Å². The summed E-state index contributed by atoms with van der Waals surface area (Å²) in [4.78, 5) is 16.1. The Bertz CT molecular complexity index is 908. The van der Waals surface area contributed by atoms with Gasteiger partial charge >= 0.3 is 6.36 Å². The first-order chi connectivity index (χ1) is 12.9. The number of carbonyl (C=O) groups excluding carboxylic acids is 1. The minimum atomic E-state index is -4.79. The van der Waals surface area contributed by atoms with Gasteiger partial charge in [0.1, 0.15) is 5.75 Å². The Morgan fingerprint density at radius 3 is 2.63 bits per heavy atom. The number of amides is 1. The van der Waals surface area contributed by atoms with Crippen molar-refractivity contribution in [1.29, 1.82) is 0 Å². The summed E-state index contributed by atoms with van der Waals surface area (Å²) in [6.07, 6.45) is -2.87. The number of aryl methyl sites for hydroxylation is 1. The molecule has 0 saturated carbocycles. The largest absolute Gasteiger partial charge is 0.573 e. The molecule has 0 aliphatic carbocycles. The van der Waals surface area contributed by atoms with Gasteiger partial charge in [0.15, 0.2) is 11.7 Å². The Kier molecular flexibility index (Phi) is 5.44. The summed E-state index contributed by atoms with van der Waals surface area (Å²) in [5.74, 6) is 0.222. The number of hydrogen-bond acceptors (Lipinski definition) is 4. The van der Waals surface area contributed by atoms with Crippen molar-refractivity contribution in [2.45, 2.75) is 19.2 Å². The Hall–Kier alpha value is -3.29. The molecule has 2 aromatic carbocycles. The average Bonchev–Trinajstić information content (AvgIpc) is 3.09. The summed E-state index contributed by atoms with van der Waals surface area (Å²) < 4.78 is 46.2. The van der Waals surface area contributed by atoms with Crippen molar-refractivity contribution in [3.05, 3.63) is 66.7 Å². The van der Waals surface area contributed by atoms with Crippen molar-refractivity contribution in [2.75, 3.05) is 5.32 Å². The summed E-state index contributed by atoms with van der Waals surface area (Å²) in [7, 11) is 0. The highest BCUT2D eigenvalue weighted by Crippen LogP contribution is 2.25. The second-order valence-corrected chi connectivity index (χ2v) is 5.61. The van der Waals surface area contributed by atoms with Crippen LogP contribution < -0.4 is 10.1 Å². The smallest absolute Gasteiger partial charge is 0.441 e.